The summed E-state index contributed by atoms with van der Waals surface area (Å²) in [5.41, 5.74) is 0.541. The maximum atomic E-state index is 12.4. The Morgan fingerprint density at radius 1 is 1.04 bits per heavy atom. The first-order valence-electron chi connectivity index (χ1n) is 8.91. The Labute approximate surface area is 152 Å². The van der Waals surface area contributed by atoms with Crippen molar-refractivity contribution < 1.29 is 23.9 Å². The molecule has 1 aromatic carbocycles. The largest absolute Gasteiger partial charge is 0.497 e. The van der Waals surface area contributed by atoms with E-state index in [2.05, 4.69) is 5.32 Å². The molecule has 0 bridgehead atoms. The average molecular weight is 360 g/mol. The zero-order chi connectivity index (χ0) is 18.7. The summed E-state index contributed by atoms with van der Waals surface area (Å²) in [7, 11) is 3.06. The number of fused-ring (bicyclic) bond motifs is 1. The summed E-state index contributed by atoms with van der Waals surface area (Å²) in [6, 6.07) is 5.07. The topological polar surface area (TPSA) is 84.9 Å². The molecule has 7 nitrogen and oxygen atoms in total. The third-order valence-corrected chi connectivity index (χ3v) is 5.13. The van der Waals surface area contributed by atoms with Crippen LogP contribution in [0.1, 0.15) is 32.1 Å². The molecule has 1 heterocycles. The molecule has 2 fully saturated rings. The second-order valence-corrected chi connectivity index (χ2v) is 6.73. The van der Waals surface area contributed by atoms with Gasteiger partial charge in [-0.1, -0.05) is 12.8 Å². The van der Waals surface area contributed by atoms with Crippen LogP contribution in [0.5, 0.6) is 11.5 Å². The van der Waals surface area contributed by atoms with Gasteiger partial charge in [0.25, 0.3) is 0 Å². The lowest BCUT2D eigenvalue weighted by Crippen LogP contribution is -2.34. The molecule has 1 N–H and O–H groups in total. The summed E-state index contributed by atoms with van der Waals surface area (Å²) in [4.78, 5) is 38.4. The van der Waals surface area contributed by atoms with Crippen molar-refractivity contribution in [3.63, 3.8) is 0 Å². The molecule has 3 rings (SSSR count). The second kappa shape index (κ2) is 7.76. The molecule has 2 atom stereocenters. The number of amides is 3. The summed E-state index contributed by atoms with van der Waals surface area (Å²) in [6.07, 6.45) is 3.61. The number of nitrogens with one attached hydrogen (secondary N) is 1. The fraction of sp³-hybridized carbons (Fsp3) is 0.526. The van der Waals surface area contributed by atoms with Crippen LogP contribution in [0.15, 0.2) is 18.2 Å². The van der Waals surface area contributed by atoms with Crippen molar-refractivity contribution in [1.82, 2.24) is 4.90 Å². The standard InChI is InChI=1S/C19H24N2O5/c1-25-13-9-12(10-14(11-13)26-2)20-17(22)7-8-21-18(23)15-5-3-4-6-16(15)19(21)24/h9-11,15-16H,3-8H2,1-2H3,(H,20,22)/t15-,16+. The Morgan fingerprint density at radius 3 is 2.08 bits per heavy atom. The van der Waals surface area contributed by atoms with Gasteiger partial charge < -0.3 is 14.8 Å². The second-order valence-electron chi connectivity index (χ2n) is 6.73. The molecule has 0 radical (unpaired) electrons. The molecule has 1 saturated carbocycles. The normalized spacial score (nSPS) is 22.2. The molecule has 0 unspecified atom stereocenters. The van der Waals surface area contributed by atoms with Crippen LogP contribution < -0.4 is 14.8 Å². The van der Waals surface area contributed by atoms with Crippen molar-refractivity contribution in [2.24, 2.45) is 11.8 Å². The van der Waals surface area contributed by atoms with E-state index in [9.17, 15) is 14.4 Å². The van der Waals surface area contributed by atoms with Crippen molar-refractivity contribution in [2.45, 2.75) is 32.1 Å². The highest BCUT2D eigenvalue weighted by Crippen LogP contribution is 2.38. The number of anilines is 1. The third kappa shape index (κ3) is 3.66. The van der Waals surface area contributed by atoms with E-state index >= 15 is 0 Å². The van der Waals surface area contributed by atoms with Crippen LogP contribution in [0.25, 0.3) is 0 Å². The fourth-order valence-corrected chi connectivity index (χ4v) is 3.77. The van der Waals surface area contributed by atoms with Crippen LogP contribution in [-0.2, 0) is 14.4 Å². The maximum Gasteiger partial charge on any atom is 0.233 e. The monoisotopic (exact) mass is 360 g/mol. The number of benzene rings is 1. The number of likely N-dealkylation sites (tertiary alicyclic amines) is 1. The highest BCUT2D eigenvalue weighted by atomic mass is 16.5. The SMILES string of the molecule is COc1cc(NC(=O)CCN2C(=O)[C@H]3CCCC[C@H]3C2=O)cc(OC)c1. The van der Waals surface area contributed by atoms with Crippen molar-refractivity contribution in [1.29, 1.82) is 0 Å². The summed E-state index contributed by atoms with van der Waals surface area (Å²) < 4.78 is 10.3. The lowest BCUT2D eigenvalue weighted by atomic mass is 9.81. The molecule has 26 heavy (non-hydrogen) atoms. The number of imide groups is 1. The van der Waals surface area contributed by atoms with Crippen LogP contribution in [0.4, 0.5) is 5.69 Å². The number of methoxy groups -OCH3 is 2. The first-order valence-corrected chi connectivity index (χ1v) is 8.91. The predicted octanol–water partition coefficient (Wildman–Crippen LogP) is 2.21. The number of carbonyl (C=O) groups excluding carboxylic acids is 3. The number of nitrogens with zero attached hydrogens (tertiary/aromatic N) is 1. The lowest BCUT2D eigenvalue weighted by molar-refractivity contribution is -0.140. The van der Waals surface area contributed by atoms with Crippen LogP contribution in [0.2, 0.25) is 0 Å². The Balaban J connectivity index is 1.59. The number of ether oxygens (including phenoxy) is 2. The molecule has 1 saturated heterocycles. The molecule has 7 heteroatoms. The fourth-order valence-electron chi connectivity index (χ4n) is 3.77. The molecule has 1 aromatic rings. The average Bonchev–Trinajstić information content (AvgIpc) is 2.90. The minimum atomic E-state index is -0.268. The molecular formula is C19H24N2O5. The molecule has 0 spiro atoms. The van der Waals surface area contributed by atoms with Gasteiger partial charge in [0.05, 0.1) is 26.1 Å². The van der Waals surface area contributed by atoms with E-state index in [-0.39, 0.29) is 42.5 Å². The maximum absolute atomic E-state index is 12.4. The van der Waals surface area contributed by atoms with E-state index in [1.807, 2.05) is 0 Å². The van der Waals surface area contributed by atoms with Gasteiger partial charge in [0.1, 0.15) is 11.5 Å². The van der Waals surface area contributed by atoms with Gasteiger partial charge in [-0.15, -0.1) is 0 Å². The van der Waals surface area contributed by atoms with Crippen LogP contribution in [0.3, 0.4) is 0 Å². The number of hydrogen-bond donors (Lipinski definition) is 1. The molecule has 1 aliphatic heterocycles. The molecule has 1 aliphatic carbocycles. The van der Waals surface area contributed by atoms with Crippen molar-refractivity contribution in [3.05, 3.63) is 18.2 Å². The van der Waals surface area contributed by atoms with E-state index in [1.54, 1.807) is 18.2 Å². The van der Waals surface area contributed by atoms with Gasteiger partial charge >= 0.3 is 0 Å². The minimum absolute atomic E-state index is 0.0659. The van der Waals surface area contributed by atoms with Crippen molar-refractivity contribution in [2.75, 3.05) is 26.1 Å². The van der Waals surface area contributed by atoms with Gasteiger partial charge in [-0.2, -0.15) is 0 Å². The third-order valence-electron chi connectivity index (χ3n) is 5.13. The van der Waals surface area contributed by atoms with Gasteiger partial charge in [0.2, 0.25) is 17.7 Å². The number of hydrogen-bond acceptors (Lipinski definition) is 5. The van der Waals surface area contributed by atoms with Gasteiger partial charge in [0.15, 0.2) is 0 Å². The van der Waals surface area contributed by atoms with E-state index in [1.165, 1.54) is 19.1 Å². The molecule has 140 valence electrons. The minimum Gasteiger partial charge on any atom is -0.497 e. The highest BCUT2D eigenvalue weighted by molar-refractivity contribution is 6.05. The number of rotatable bonds is 6. The Hall–Kier alpha value is -2.57. The summed E-state index contributed by atoms with van der Waals surface area (Å²) in [5.74, 6) is 0.271. The summed E-state index contributed by atoms with van der Waals surface area (Å²) in [6.45, 7) is 0.123. The molecular weight excluding hydrogens is 336 g/mol. The van der Waals surface area contributed by atoms with Gasteiger partial charge in [-0.3, -0.25) is 19.3 Å². The van der Waals surface area contributed by atoms with Crippen LogP contribution in [-0.4, -0.2) is 43.4 Å². The van der Waals surface area contributed by atoms with Gasteiger partial charge in [0, 0.05) is 36.9 Å². The molecule has 3 amide bonds. The Bertz CT molecular complexity index is 672. The first-order chi connectivity index (χ1) is 12.5. The quantitative estimate of drug-likeness (QED) is 0.786. The van der Waals surface area contributed by atoms with E-state index < -0.39 is 0 Å². The smallest absolute Gasteiger partial charge is 0.233 e. The van der Waals surface area contributed by atoms with Gasteiger partial charge in [-0.25, -0.2) is 0 Å². The Kier molecular flexibility index (Phi) is 5.44. The highest BCUT2D eigenvalue weighted by Gasteiger charge is 2.47. The lowest BCUT2D eigenvalue weighted by Gasteiger charge is -2.19. The Morgan fingerprint density at radius 2 is 1.58 bits per heavy atom. The zero-order valence-corrected chi connectivity index (χ0v) is 15.1. The summed E-state index contributed by atoms with van der Waals surface area (Å²) in [5, 5.41) is 2.76. The van der Waals surface area contributed by atoms with E-state index in [4.69, 9.17) is 9.47 Å². The van der Waals surface area contributed by atoms with Crippen LogP contribution >= 0.6 is 0 Å². The van der Waals surface area contributed by atoms with Crippen molar-refractivity contribution in [3.8, 4) is 11.5 Å². The van der Waals surface area contributed by atoms with E-state index in [0.717, 1.165) is 25.7 Å². The predicted molar refractivity (Wildman–Crippen MR) is 95.0 cm³/mol. The van der Waals surface area contributed by atoms with E-state index in [0.29, 0.717) is 17.2 Å². The molecule has 2 aliphatic rings. The van der Waals surface area contributed by atoms with Gasteiger partial charge in [-0.05, 0) is 12.8 Å². The molecule has 0 aromatic heterocycles. The van der Waals surface area contributed by atoms with Crippen LogP contribution in [0, 0.1) is 11.8 Å². The number of carbonyl (C=O) groups is 3. The van der Waals surface area contributed by atoms with Crippen molar-refractivity contribution >= 4 is 23.4 Å². The summed E-state index contributed by atoms with van der Waals surface area (Å²) >= 11 is 0. The first kappa shape index (κ1) is 18.2. The zero-order valence-electron chi connectivity index (χ0n) is 15.1.